The Hall–Kier alpha value is -2.99. The number of benzene rings is 2. The number of carbonyl (C=O) groups excluding carboxylic acids is 2. The Morgan fingerprint density at radius 2 is 1.81 bits per heavy atom. The third-order valence-electron chi connectivity index (χ3n) is 3.35. The maximum Gasteiger partial charge on any atom is 0.258 e. The van der Waals surface area contributed by atoms with Gasteiger partial charge in [0.25, 0.3) is 11.8 Å². The highest BCUT2D eigenvalue weighted by Crippen LogP contribution is 2.13. The Morgan fingerprint density at radius 1 is 1.08 bits per heavy atom. The summed E-state index contributed by atoms with van der Waals surface area (Å²) in [5.41, 5.74) is 7.46. The van der Waals surface area contributed by atoms with Gasteiger partial charge in [-0.15, -0.1) is 0 Å². The van der Waals surface area contributed by atoms with Gasteiger partial charge in [0.2, 0.25) is 0 Å². The lowest BCUT2D eigenvalue weighted by molar-refractivity contribution is -0.127. The Labute approximate surface area is 157 Å². The minimum atomic E-state index is -0.413. The van der Waals surface area contributed by atoms with E-state index >= 15 is 0 Å². The summed E-state index contributed by atoms with van der Waals surface area (Å²) in [5.74, 6) is -0.201. The molecule has 0 unspecified atom stereocenters. The normalized spacial score (nSPS) is 9.92. The third kappa shape index (κ3) is 6.49. The monoisotopic (exact) mass is 373 g/mol. The van der Waals surface area contributed by atoms with E-state index in [1.165, 1.54) is 0 Å². The van der Waals surface area contributed by atoms with Crippen LogP contribution in [0.1, 0.15) is 11.1 Å². The van der Waals surface area contributed by atoms with Crippen molar-refractivity contribution in [3.8, 4) is 5.75 Å². The van der Waals surface area contributed by atoms with Crippen LogP contribution in [0.25, 0.3) is 5.70 Å². The van der Waals surface area contributed by atoms with Crippen molar-refractivity contribution < 1.29 is 14.3 Å². The average Bonchev–Trinajstić information content (AvgIpc) is 2.63. The lowest BCUT2D eigenvalue weighted by Crippen LogP contribution is -2.43. The Balaban J connectivity index is 1.67. The average molecular weight is 374 g/mol. The van der Waals surface area contributed by atoms with E-state index < -0.39 is 11.8 Å². The quantitative estimate of drug-likeness (QED) is 0.621. The van der Waals surface area contributed by atoms with E-state index in [-0.39, 0.29) is 13.2 Å². The molecular formula is C19H20ClN3O3. The van der Waals surface area contributed by atoms with E-state index in [4.69, 9.17) is 16.3 Å². The van der Waals surface area contributed by atoms with Crippen LogP contribution in [0.15, 0.2) is 55.1 Å². The van der Waals surface area contributed by atoms with Crippen LogP contribution in [0.2, 0.25) is 5.02 Å². The Bertz CT molecular complexity index is 791. The fraction of sp³-hybridized carbons (Fsp3) is 0.158. The summed E-state index contributed by atoms with van der Waals surface area (Å²) < 4.78 is 5.36. The zero-order valence-corrected chi connectivity index (χ0v) is 15.1. The third-order valence-corrected chi connectivity index (χ3v) is 3.60. The van der Waals surface area contributed by atoms with Crippen LogP contribution >= 0.6 is 11.6 Å². The van der Waals surface area contributed by atoms with E-state index in [1.807, 2.05) is 25.1 Å². The molecule has 3 N–H and O–H groups in total. The summed E-state index contributed by atoms with van der Waals surface area (Å²) in [6.45, 7) is 5.40. The zero-order chi connectivity index (χ0) is 18.9. The second-order valence-electron chi connectivity index (χ2n) is 5.54. The molecule has 0 saturated heterocycles. The van der Waals surface area contributed by atoms with Gasteiger partial charge in [-0.25, -0.2) is 0 Å². The first-order valence-corrected chi connectivity index (χ1v) is 8.27. The highest BCUT2D eigenvalue weighted by atomic mass is 35.5. The van der Waals surface area contributed by atoms with Crippen molar-refractivity contribution in [2.75, 3.05) is 13.2 Å². The van der Waals surface area contributed by atoms with E-state index in [2.05, 4.69) is 22.7 Å². The fourth-order valence-corrected chi connectivity index (χ4v) is 2.12. The minimum Gasteiger partial charge on any atom is -0.484 e. The highest BCUT2D eigenvalue weighted by Gasteiger charge is 2.07. The highest BCUT2D eigenvalue weighted by molar-refractivity contribution is 6.30. The number of aryl methyl sites for hydroxylation is 1. The van der Waals surface area contributed by atoms with Gasteiger partial charge < -0.3 is 10.1 Å². The van der Waals surface area contributed by atoms with Gasteiger partial charge in [-0.05, 0) is 42.3 Å². The molecule has 0 atom stereocenters. The molecule has 136 valence electrons. The van der Waals surface area contributed by atoms with Crippen molar-refractivity contribution in [2.45, 2.75) is 6.92 Å². The van der Waals surface area contributed by atoms with Crippen LogP contribution in [-0.2, 0) is 9.59 Å². The number of carbonyl (C=O) groups is 2. The number of hydrogen-bond acceptors (Lipinski definition) is 4. The van der Waals surface area contributed by atoms with Crippen molar-refractivity contribution >= 4 is 29.1 Å². The molecule has 0 bridgehead atoms. The number of nitrogens with one attached hydrogen (secondary N) is 3. The van der Waals surface area contributed by atoms with Gasteiger partial charge in [0, 0.05) is 5.02 Å². The van der Waals surface area contributed by atoms with Gasteiger partial charge in [-0.1, -0.05) is 42.4 Å². The van der Waals surface area contributed by atoms with Crippen LogP contribution in [0, 0.1) is 6.92 Å². The molecule has 0 aliphatic rings. The molecule has 0 aliphatic heterocycles. The van der Waals surface area contributed by atoms with E-state index in [0.29, 0.717) is 16.5 Å². The maximum absolute atomic E-state index is 11.8. The van der Waals surface area contributed by atoms with Crippen molar-refractivity contribution in [1.29, 1.82) is 0 Å². The first-order chi connectivity index (χ1) is 12.4. The van der Waals surface area contributed by atoms with Gasteiger partial charge in [0.15, 0.2) is 6.61 Å². The smallest absolute Gasteiger partial charge is 0.258 e. The predicted molar refractivity (Wildman–Crippen MR) is 101 cm³/mol. The van der Waals surface area contributed by atoms with Crippen molar-refractivity contribution in [2.24, 2.45) is 0 Å². The van der Waals surface area contributed by atoms with Crippen molar-refractivity contribution in [1.82, 2.24) is 16.2 Å². The summed E-state index contributed by atoms with van der Waals surface area (Å²) in [4.78, 5) is 23.5. The molecule has 0 fully saturated rings. The number of rotatable bonds is 8. The number of amides is 2. The van der Waals surface area contributed by atoms with Gasteiger partial charge in [0.05, 0.1) is 12.2 Å². The van der Waals surface area contributed by atoms with Gasteiger partial charge in [0.1, 0.15) is 5.75 Å². The van der Waals surface area contributed by atoms with Crippen molar-refractivity contribution in [3.05, 3.63) is 71.3 Å². The van der Waals surface area contributed by atoms with Crippen molar-refractivity contribution in [3.63, 3.8) is 0 Å². The Morgan fingerprint density at radius 3 is 2.50 bits per heavy atom. The van der Waals surface area contributed by atoms with Gasteiger partial charge in [-0.3, -0.25) is 20.4 Å². The van der Waals surface area contributed by atoms with Crippen LogP contribution in [-0.4, -0.2) is 25.0 Å². The molecule has 26 heavy (non-hydrogen) atoms. The minimum absolute atomic E-state index is 0.165. The van der Waals surface area contributed by atoms with E-state index in [1.54, 1.807) is 30.3 Å². The molecule has 0 aromatic heterocycles. The number of hydrazine groups is 1. The lowest BCUT2D eigenvalue weighted by Gasteiger charge is -2.12. The molecule has 2 amide bonds. The van der Waals surface area contributed by atoms with Crippen LogP contribution in [0.5, 0.6) is 5.75 Å². The summed E-state index contributed by atoms with van der Waals surface area (Å²) in [6, 6.07) is 14.4. The molecule has 7 heteroatoms. The SMILES string of the molecule is C=C(NNC(=O)CNC(=O)COc1cccc(C)c1)c1ccc(Cl)cc1. The van der Waals surface area contributed by atoms with Crippen LogP contribution in [0.4, 0.5) is 0 Å². The molecule has 0 radical (unpaired) electrons. The largest absolute Gasteiger partial charge is 0.484 e. The van der Waals surface area contributed by atoms with E-state index in [0.717, 1.165) is 11.1 Å². The van der Waals surface area contributed by atoms with Crippen LogP contribution < -0.4 is 20.9 Å². The molecule has 2 rings (SSSR count). The van der Waals surface area contributed by atoms with E-state index in [9.17, 15) is 9.59 Å². The fourth-order valence-electron chi connectivity index (χ4n) is 2.00. The molecule has 0 spiro atoms. The summed E-state index contributed by atoms with van der Waals surface area (Å²) in [7, 11) is 0. The molecule has 0 aliphatic carbocycles. The molecule has 0 heterocycles. The second kappa shape index (κ2) is 9.48. The predicted octanol–water partition coefficient (Wildman–Crippen LogP) is 2.44. The topological polar surface area (TPSA) is 79.5 Å². The van der Waals surface area contributed by atoms with Crippen LogP contribution in [0.3, 0.4) is 0 Å². The second-order valence-corrected chi connectivity index (χ2v) is 5.98. The summed E-state index contributed by atoms with van der Waals surface area (Å²) in [6.07, 6.45) is 0. The molecule has 2 aromatic rings. The lowest BCUT2D eigenvalue weighted by atomic mass is 10.2. The van der Waals surface area contributed by atoms with Gasteiger partial charge in [-0.2, -0.15) is 0 Å². The first kappa shape index (κ1) is 19.3. The first-order valence-electron chi connectivity index (χ1n) is 7.90. The number of hydrogen-bond donors (Lipinski definition) is 3. The zero-order valence-electron chi connectivity index (χ0n) is 14.3. The molecule has 0 saturated carbocycles. The summed E-state index contributed by atoms with van der Waals surface area (Å²) >= 11 is 5.82. The van der Waals surface area contributed by atoms with Gasteiger partial charge >= 0.3 is 0 Å². The summed E-state index contributed by atoms with van der Waals surface area (Å²) in [5, 5.41) is 3.09. The molecular weight excluding hydrogens is 354 g/mol. The number of ether oxygens (including phenoxy) is 1. The maximum atomic E-state index is 11.8. The molecule has 6 nitrogen and oxygen atoms in total. The standard InChI is InChI=1S/C19H20ClN3O3/c1-13-4-3-5-17(10-13)26-12-19(25)21-11-18(24)23-22-14(2)15-6-8-16(20)9-7-15/h3-10,22H,2,11-12H2,1H3,(H,21,25)(H,23,24). The Kier molecular flexibility index (Phi) is 7.05. The molecule has 2 aromatic carbocycles. The number of halogens is 1.